The van der Waals surface area contributed by atoms with Gasteiger partial charge < -0.3 is 19.5 Å². The fourth-order valence-electron chi connectivity index (χ4n) is 2.10. The Kier molecular flexibility index (Phi) is 8.27. The molecule has 1 N–H and O–H groups in total. The van der Waals surface area contributed by atoms with Gasteiger partial charge in [0.05, 0.1) is 18.3 Å². The number of ether oxygens (including phenoxy) is 3. The molecular weight excluding hydrogens is 268 g/mol. The highest BCUT2D eigenvalue weighted by Crippen LogP contribution is 2.23. The molecule has 0 saturated carbocycles. The first-order valence-electron chi connectivity index (χ1n) is 7.70. The highest BCUT2D eigenvalue weighted by molar-refractivity contribution is 5.26. The predicted octanol–water partition coefficient (Wildman–Crippen LogP) is 2.92. The van der Waals surface area contributed by atoms with Crippen LogP contribution in [0.25, 0.3) is 0 Å². The van der Waals surface area contributed by atoms with Crippen molar-refractivity contribution in [2.45, 2.75) is 53.1 Å². The van der Waals surface area contributed by atoms with Gasteiger partial charge in [-0.1, -0.05) is 6.92 Å². The number of pyridine rings is 1. The van der Waals surface area contributed by atoms with E-state index < -0.39 is 0 Å². The minimum absolute atomic E-state index is 0.0712. The Hall–Kier alpha value is -1.17. The second-order valence-electron chi connectivity index (χ2n) is 4.94. The molecule has 0 saturated heterocycles. The van der Waals surface area contributed by atoms with Gasteiger partial charge in [0.25, 0.3) is 0 Å². The van der Waals surface area contributed by atoms with Gasteiger partial charge in [-0.05, 0) is 45.9 Å². The third kappa shape index (κ3) is 5.99. The second kappa shape index (κ2) is 9.71. The number of nitrogens with zero attached hydrogens (tertiary/aromatic N) is 1. The number of aromatic nitrogens is 1. The van der Waals surface area contributed by atoms with Crippen LogP contribution in [0.3, 0.4) is 0 Å². The lowest BCUT2D eigenvalue weighted by atomic mass is 10.1. The fourth-order valence-corrected chi connectivity index (χ4v) is 2.10. The molecule has 1 aromatic rings. The smallest absolute Gasteiger partial charge is 0.176 e. The number of hydrogen-bond donors (Lipinski definition) is 1. The SMILES string of the molecule is CCNC(c1cncc(OC(C)C)c1)C(OCC)OCC. The van der Waals surface area contributed by atoms with Crippen molar-refractivity contribution in [1.29, 1.82) is 0 Å². The standard InChI is InChI=1S/C16H28N2O3/c1-6-18-15(16(19-7-2)20-8-3)13-9-14(11-17-10-13)21-12(4)5/h9-12,15-16,18H,6-8H2,1-5H3. The van der Waals surface area contributed by atoms with Crippen LogP contribution >= 0.6 is 0 Å². The van der Waals surface area contributed by atoms with Gasteiger partial charge in [-0.25, -0.2) is 0 Å². The second-order valence-corrected chi connectivity index (χ2v) is 4.94. The van der Waals surface area contributed by atoms with Crippen LogP contribution in [0, 0.1) is 0 Å². The van der Waals surface area contributed by atoms with E-state index in [4.69, 9.17) is 14.2 Å². The van der Waals surface area contributed by atoms with Crippen molar-refractivity contribution in [2.75, 3.05) is 19.8 Å². The van der Waals surface area contributed by atoms with Crippen LogP contribution in [0.15, 0.2) is 18.5 Å². The van der Waals surface area contributed by atoms with Gasteiger partial charge in [-0.2, -0.15) is 0 Å². The molecule has 0 amide bonds. The Morgan fingerprint density at radius 1 is 1.10 bits per heavy atom. The highest BCUT2D eigenvalue weighted by Gasteiger charge is 2.24. The zero-order valence-electron chi connectivity index (χ0n) is 13.8. The van der Waals surface area contributed by atoms with Crippen molar-refractivity contribution in [1.82, 2.24) is 10.3 Å². The monoisotopic (exact) mass is 296 g/mol. The quantitative estimate of drug-likeness (QED) is 0.673. The van der Waals surface area contributed by atoms with E-state index in [1.54, 1.807) is 6.20 Å². The minimum Gasteiger partial charge on any atom is -0.489 e. The fraction of sp³-hybridized carbons (Fsp3) is 0.688. The number of hydrogen-bond acceptors (Lipinski definition) is 5. The molecule has 0 aromatic carbocycles. The Labute approximate surface area is 128 Å². The van der Waals surface area contributed by atoms with Gasteiger partial charge in [0.1, 0.15) is 5.75 Å². The van der Waals surface area contributed by atoms with Crippen LogP contribution in [-0.4, -0.2) is 37.1 Å². The van der Waals surface area contributed by atoms with Gasteiger partial charge >= 0.3 is 0 Å². The lowest BCUT2D eigenvalue weighted by Gasteiger charge is -2.27. The van der Waals surface area contributed by atoms with E-state index in [-0.39, 0.29) is 18.4 Å². The van der Waals surface area contributed by atoms with Gasteiger partial charge in [-0.15, -0.1) is 0 Å². The van der Waals surface area contributed by atoms with Crippen LogP contribution in [0.1, 0.15) is 46.2 Å². The largest absolute Gasteiger partial charge is 0.489 e. The zero-order valence-corrected chi connectivity index (χ0v) is 13.8. The molecule has 1 unspecified atom stereocenters. The first-order chi connectivity index (χ1) is 10.1. The Bertz CT molecular complexity index is 393. The summed E-state index contributed by atoms with van der Waals surface area (Å²) in [5.74, 6) is 0.761. The van der Waals surface area contributed by atoms with Crippen molar-refractivity contribution >= 4 is 0 Å². The van der Waals surface area contributed by atoms with Crippen molar-refractivity contribution in [2.24, 2.45) is 0 Å². The summed E-state index contributed by atoms with van der Waals surface area (Å²) in [5.41, 5.74) is 1.00. The van der Waals surface area contributed by atoms with E-state index >= 15 is 0 Å². The summed E-state index contributed by atoms with van der Waals surface area (Å²) < 4.78 is 17.1. The van der Waals surface area contributed by atoms with Crippen LogP contribution in [0.2, 0.25) is 0 Å². The van der Waals surface area contributed by atoms with Gasteiger partial charge in [0.2, 0.25) is 0 Å². The highest BCUT2D eigenvalue weighted by atomic mass is 16.7. The maximum Gasteiger partial charge on any atom is 0.176 e. The van der Waals surface area contributed by atoms with E-state index in [2.05, 4.69) is 17.2 Å². The van der Waals surface area contributed by atoms with Crippen LogP contribution in [-0.2, 0) is 9.47 Å². The summed E-state index contributed by atoms with van der Waals surface area (Å²) in [6.07, 6.45) is 3.33. The predicted molar refractivity (Wildman–Crippen MR) is 83.5 cm³/mol. The van der Waals surface area contributed by atoms with Crippen molar-refractivity contribution < 1.29 is 14.2 Å². The molecule has 1 aromatic heterocycles. The van der Waals surface area contributed by atoms with E-state index in [1.165, 1.54) is 0 Å². The molecule has 1 heterocycles. The summed E-state index contributed by atoms with van der Waals surface area (Å²) in [6.45, 7) is 12.0. The van der Waals surface area contributed by atoms with Crippen molar-refractivity contribution in [3.63, 3.8) is 0 Å². The summed E-state index contributed by atoms with van der Waals surface area (Å²) in [5, 5.41) is 3.40. The molecule has 21 heavy (non-hydrogen) atoms. The molecule has 0 aliphatic heterocycles. The maximum absolute atomic E-state index is 5.72. The van der Waals surface area contributed by atoms with E-state index in [9.17, 15) is 0 Å². The molecular formula is C16H28N2O3. The normalized spacial score (nSPS) is 12.9. The number of rotatable bonds is 10. The van der Waals surface area contributed by atoms with Gasteiger partial charge in [-0.3, -0.25) is 4.98 Å². The van der Waals surface area contributed by atoms with Crippen LogP contribution in [0.4, 0.5) is 0 Å². The first-order valence-corrected chi connectivity index (χ1v) is 7.70. The Balaban J connectivity index is 2.96. The molecule has 5 heteroatoms. The molecule has 0 aliphatic rings. The average Bonchev–Trinajstić information content (AvgIpc) is 2.44. The van der Waals surface area contributed by atoms with Crippen LogP contribution < -0.4 is 10.1 Å². The molecule has 1 rings (SSSR count). The van der Waals surface area contributed by atoms with Crippen molar-refractivity contribution in [3.05, 3.63) is 24.0 Å². The molecule has 0 spiro atoms. The van der Waals surface area contributed by atoms with Crippen LogP contribution in [0.5, 0.6) is 5.75 Å². The zero-order chi connectivity index (χ0) is 15.7. The molecule has 1 atom stereocenters. The third-order valence-electron chi connectivity index (χ3n) is 2.82. The molecule has 0 radical (unpaired) electrons. The summed E-state index contributed by atoms with van der Waals surface area (Å²) in [4.78, 5) is 4.27. The lowest BCUT2D eigenvalue weighted by molar-refractivity contribution is -0.155. The first kappa shape index (κ1) is 17.9. The lowest BCUT2D eigenvalue weighted by Crippen LogP contribution is -2.36. The molecule has 120 valence electrons. The molecule has 0 bridgehead atoms. The average molecular weight is 296 g/mol. The van der Waals surface area contributed by atoms with Crippen molar-refractivity contribution in [3.8, 4) is 5.75 Å². The third-order valence-corrected chi connectivity index (χ3v) is 2.82. The Morgan fingerprint density at radius 3 is 2.29 bits per heavy atom. The number of nitrogens with one attached hydrogen (secondary N) is 1. The van der Waals surface area contributed by atoms with E-state index in [0.29, 0.717) is 13.2 Å². The summed E-state index contributed by atoms with van der Waals surface area (Å²) in [6, 6.07) is 1.92. The molecule has 0 fully saturated rings. The maximum atomic E-state index is 5.72. The summed E-state index contributed by atoms with van der Waals surface area (Å²) >= 11 is 0. The molecule has 0 aliphatic carbocycles. The van der Waals surface area contributed by atoms with Gasteiger partial charge in [0, 0.05) is 19.4 Å². The van der Waals surface area contributed by atoms with E-state index in [1.807, 2.05) is 40.0 Å². The van der Waals surface area contributed by atoms with Gasteiger partial charge in [0.15, 0.2) is 6.29 Å². The topological polar surface area (TPSA) is 52.6 Å². The minimum atomic E-state index is -0.337. The molecule has 5 nitrogen and oxygen atoms in total. The Morgan fingerprint density at radius 2 is 1.76 bits per heavy atom. The summed E-state index contributed by atoms with van der Waals surface area (Å²) in [7, 11) is 0. The van der Waals surface area contributed by atoms with E-state index in [0.717, 1.165) is 17.9 Å². The number of likely N-dealkylation sites (N-methyl/N-ethyl adjacent to an activating group) is 1.